The Morgan fingerprint density at radius 1 is 1.21 bits per heavy atom. The molecule has 0 radical (unpaired) electrons. The van der Waals surface area contributed by atoms with E-state index in [1.54, 1.807) is 0 Å². The van der Waals surface area contributed by atoms with Gasteiger partial charge in [-0.05, 0) is 43.4 Å². The minimum absolute atomic E-state index is 0.120. The molecule has 0 spiro atoms. The molecule has 1 nitrogen and oxygen atoms in total. The summed E-state index contributed by atoms with van der Waals surface area (Å²) in [6.45, 7) is 8.90. The summed E-state index contributed by atoms with van der Waals surface area (Å²) in [5.74, 6) is 3.04. The van der Waals surface area contributed by atoms with Crippen LogP contribution in [0.5, 0.6) is 0 Å². The zero-order valence-corrected chi connectivity index (χ0v) is 10.2. The first-order valence-electron chi connectivity index (χ1n) is 6.24. The van der Waals surface area contributed by atoms with Gasteiger partial charge in [0.25, 0.3) is 0 Å². The van der Waals surface area contributed by atoms with Crippen molar-refractivity contribution in [2.45, 2.75) is 59.5 Å². The van der Waals surface area contributed by atoms with Crippen LogP contribution in [-0.2, 0) is 0 Å². The van der Waals surface area contributed by atoms with E-state index in [-0.39, 0.29) is 6.10 Å². The van der Waals surface area contributed by atoms with Crippen LogP contribution in [0.25, 0.3) is 0 Å². The number of aliphatic hydroxyl groups is 1. The Labute approximate surface area is 88.9 Å². The average molecular weight is 198 g/mol. The maximum atomic E-state index is 9.72. The molecule has 1 aliphatic carbocycles. The van der Waals surface area contributed by atoms with Gasteiger partial charge in [0.1, 0.15) is 0 Å². The first-order chi connectivity index (χ1) is 6.56. The second-order valence-corrected chi connectivity index (χ2v) is 5.34. The molecule has 0 aromatic carbocycles. The summed E-state index contributed by atoms with van der Waals surface area (Å²) in [7, 11) is 0. The lowest BCUT2D eigenvalue weighted by molar-refractivity contribution is 0.0498. The molecule has 0 aliphatic heterocycles. The molecule has 1 aliphatic rings. The van der Waals surface area contributed by atoms with Crippen LogP contribution in [0.2, 0.25) is 0 Å². The van der Waals surface area contributed by atoms with Crippen LogP contribution in [0.3, 0.4) is 0 Å². The van der Waals surface area contributed by atoms with Gasteiger partial charge in [0.15, 0.2) is 0 Å². The number of hydrogen-bond donors (Lipinski definition) is 1. The third-order valence-electron chi connectivity index (χ3n) is 4.34. The maximum Gasteiger partial charge on any atom is 0.0542 e. The molecule has 14 heavy (non-hydrogen) atoms. The first-order valence-corrected chi connectivity index (χ1v) is 6.24. The largest absolute Gasteiger partial charge is 0.393 e. The van der Waals surface area contributed by atoms with Gasteiger partial charge in [-0.25, -0.2) is 0 Å². The van der Waals surface area contributed by atoms with Crippen molar-refractivity contribution in [2.24, 2.45) is 23.7 Å². The minimum atomic E-state index is -0.120. The van der Waals surface area contributed by atoms with Gasteiger partial charge in [-0.1, -0.05) is 33.6 Å². The number of rotatable bonds is 3. The van der Waals surface area contributed by atoms with Crippen LogP contribution in [-0.4, -0.2) is 11.2 Å². The van der Waals surface area contributed by atoms with Crippen LogP contribution in [0.4, 0.5) is 0 Å². The van der Waals surface area contributed by atoms with Gasteiger partial charge < -0.3 is 5.11 Å². The molecule has 1 rings (SSSR count). The fourth-order valence-electron chi connectivity index (χ4n) is 3.05. The molecule has 0 bridgehead atoms. The molecule has 1 fully saturated rings. The highest BCUT2D eigenvalue weighted by molar-refractivity contribution is 4.81. The lowest BCUT2D eigenvalue weighted by Gasteiger charge is -2.37. The van der Waals surface area contributed by atoms with E-state index in [1.807, 2.05) is 6.92 Å². The van der Waals surface area contributed by atoms with E-state index >= 15 is 0 Å². The molecule has 1 heteroatoms. The Morgan fingerprint density at radius 2 is 1.86 bits per heavy atom. The van der Waals surface area contributed by atoms with Crippen molar-refractivity contribution >= 4 is 0 Å². The second kappa shape index (κ2) is 5.16. The van der Waals surface area contributed by atoms with Gasteiger partial charge in [-0.15, -0.1) is 0 Å². The van der Waals surface area contributed by atoms with Crippen molar-refractivity contribution in [3.05, 3.63) is 0 Å². The minimum Gasteiger partial charge on any atom is -0.393 e. The van der Waals surface area contributed by atoms with Crippen molar-refractivity contribution in [3.8, 4) is 0 Å². The molecule has 0 aromatic heterocycles. The van der Waals surface area contributed by atoms with Gasteiger partial charge in [0, 0.05) is 0 Å². The zero-order valence-electron chi connectivity index (χ0n) is 10.2. The number of aliphatic hydroxyl groups excluding tert-OH is 1. The normalized spacial score (nSPS) is 37.9. The quantitative estimate of drug-likeness (QED) is 0.736. The zero-order chi connectivity index (χ0) is 10.7. The highest BCUT2D eigenvalue weighted by Gasteiger charge is 2.31. The van der Waals surface area contributed by atoms with Crippen LogP contribution >= 0.6 is 0 Å². The Hall–Kier alpha value is -0.0400. The van der Waals surface area contributed by atoms with Crippen molar-refractivity contribution in [3.63, 3.8) is 0 Å². The summed E-state index contributed by atoms with van der Waals surface area (Å²) < 4.78 is 0. The average Bonchev–Trinajstić information content (AvgIpc) is 2.11. The summed E-state index contributed by atoms with van der Waals surface area (Å²) in [5.41, 5.74) is 0. The van der Waals surface area contributed by atoms with E-state index in [9.17, 15) is 5.11 Å². The summed E-state index contributed by atoms with van der Waals surface area (Å²) in [4.78, 5) is 0. The van der Waals surface area contributed by atoms with Crippen LogP contribution in [0.1, 0.15) is 53.4 Å². The van der Waals surface area contributed by atoms with Crippen molar-refractivity contribution in [1.82, 2.24) is 0 Å². The van der Waals surface area contributed by atoms with Gasteiger partial charge in [-0.3, -0.25) is 0 Å². The molecule has 1 saturated carbocycles. The van der Waals surface area contributed by atoms with Gasteiger partial charge in [0.2, 0.25) is 0 Å². The molecule has 0 saturated heterocycles. The first kappa shape index (κ1) is 12.0. The lowest BCUT2D eigenvalue weighted by atomic mass is 9.69. The third kappa shape index (κ3) is 2.73. The molecule has 0 heterocycles. The van der Waals surface area contributed by atoms with E-state index in [2.05, 4.69) is 20.8 Å². The highest BCUT2D eigenvalue weighted by Crippen LogP contribution is 2.39. The van der Waals surface area contributed by atoms with E-state index in [4.69, 9.17) is 0 Å². The smallest absolute Gasteiger partial charge is 0.0542 e. The van der Waals surface area contributed by atoms with E-state index in [0.29, 0.717) is 5.92 Å². The van der Waals surface area contributed by atoms with Gasteiger partial charge >= 0.3 is 0 Å². The van der Waals surface area contributed by atoms with Crippen molar-refractivity contribution in [2.75, 3.05) is 0 Å². The molecule has 0 amide bonds. The topological polar surface area (TPSA) is 20.2 Å². The van der Waals surface area contributed by atoms with Crippen molar-refractivity contribution in [1.29, 1.82) is 0 Å². The Kier molecular flexibility index (Phi) is 4.43. The lowest BCUT2D eigenvalue weighted by Crippen LogP contribution is -2.31. The Balaban J connectivity index is 2.52. The molecular weight excluding hydrogens is 172 g/mol. The second-order valence-electron chi connectivity index (χ2n) is 5.34. The van der Waals surface area contributed by atoms with Gasteiger partial charge in [0.05, 0.1) is 6.10 Å². The maximum absolute atomic E-state index is 9.72. The molecule has 1 N–H and O–H groups in total. The summed E-state index contributed by atoms with van der Waals surface area (Å²) in [6.07, 6.45) is 5.02. The summed E-state index contributed by atoms with van der Waals surface area (Å²) in [6, 6.07) is 0. The molecule has 84 valence electrons. The standard InChI is InChI=1S/C13H26O/c1-5-13(11(4)14)12-7-6-9(2)10(3)8-12/h9-14H,5-8H2,1-4H3. The number of hydrogen-bond acceptors (Lipinski definition) is 1. The molecular formula is C13H26O. The van der Waals surface area contributed by atoms with Crippen molar-refractivity contribution < 1.29 is 5.11 Å². The van der Waals surface area contributed by atoms with Crippen LogP contribution in [0.15, 0.2) is 0 Å². The third-order valence-corrected chi connectivity index (χ3v) is 4.34. The van der Waals surface area contributed by atoms with E-state index in [1.165, 1.54) is 19.3 Å². The molecule has 5 unspecified atom stereocenters. The monoisotopic (exact) mass is 198 g/mol. The van der Waals surface area contributed by atoms with E-state index in [0.717, 1.165) is 24.2 Å². The predicted molar refractivity (Wildman–Crippen MR) is 61.1 cm³/mol. The fourth-order valence-corrected chi connectivity index (χ4v) is 3.05. The SMILES string of the molecule is CCC(C(C)O)C1CCC(C)C(C)C1. The predicted octanol–water partition coefficient (Wildman–Crippen LogP) is 3.47. The molecule has 5 atom stereocenters. The van der Waals surface area contributed by atoms with Crippen LogP contribution < -0.4 is 0 Å². The summed E-state index contributed by atoms with van der Waals surface area (Å²) in [5, 5.41) is 9.72. The Morgan fingerprint density at radius 3 is 2.29 bits per heavy atom. The summed E-state index contributed by atoms with van der Waals surface area (Å²) >= 11 is 0. The van der Waals surface area contributed by atoms with E-state index < -0.39 is 0 Å². The fraction of sp³-hybridized carbons (Fsp3) is 1.00. The van der Waals surface area contributed by atoms with Crippen LogP contribution in [0, 0.1) is 23.7 Å². The Bertz CT molecular complexity index is 165. The van der Waals surface area contributed by atoms with Gasteiger partial charge in [-0.2, -0.15) is 0 Å². The highest BCUT2D eigenvalue weighted by atomic mass is 16.3. The molecule has 0 aromatic rings.